The highest BCUT2D eigenvalue weighted by Gasteiger charge is 2.49. The molecule has 0 amide bonds. The lowest BCUT2D eigenvalue weighted by molar-refractivity contribution is -0.109. The molecule has 0 saturated carbocycles. The predicted octanol–water partition coefficient (Wildman–Crippen LogP) is 6.59. The van der Waals surface area contributed by atoms with Gasteiger partial charge in [0.2, 0.25) is 0 Å². The fourth-order valence-corrected chi connectivity index (χ4v) is 5.40. The van der Waals surface area contributed by atoms with Gasteiger partial charge in [0, 0.05) is 29.6 Å². The van der Waals surface area contributed by atoms with Gasteiger partial charge >= 0.3 is 0 Å². The fraction of sp³-hybridized carbons (Fsp3) is 0.143. The molecule has 0 bridgehead atoms. The van der Waals surface area contributed by atoms with Crippen LogP contribution in [0.3, 0.4) is 0 Å². The topological polar surface area (TPSA) is 81.7 Å². The number of benzene rings is 2. The van der Waals surface area contributed by atoms with E-state index in [2.05, 4.69) is 12.1 Å². The van der Waals surface area contributed by atoms with Crippen molar-refractivity contribution in [2.24, 2.45) is 11.3 Å². The number of thioether (sulfide) groups is 2. The van der Waals surface area contributed by atoms with Crippen LogP contribution in [-0.4, -0.2) is 10.2 Å². The summed E-state index contributed by atoms with van der Waals surface area (Å²) < 4.78 is 0. The van der Waals surface area contributed by atoms with E-state index in [9.17, 15) is 20.1 Å². The van der Waals surface area contributed by atoms with E-state index in [0.29, 0.717) is 5.57 Å². The molecule has 0 radical (unpaired) electrons. The minimum atomic E-state index is -1.37. The summed E-state index contributed by atoms with van der Waals surface area (Å²) in [5, 5.41) is 20.5. The van der Waals surface area contributed by atoms with Crippen LogP contribution >= 0.6 is 23.5 Å². The van der Waals surface area contributed by atoms with E-state index in [1.165, 1.54) is 25.6 Å². The number of nitriles is 2. The number of carbonyl (C=O) groups excluding carboxylic acids is 2. The van der Waals surface area contributed by atoms with E-state index >= 15 is 0 Å². The maximum absolute atomic E-state index is 11.4. The Morgan fingerprint density at radius 2 is 1.38 bits per heavy atom. The van der Waals surface area contributed by atoms with Crippen molar-refractivity contribution in [3.8, 4) is 12.1 Å². The molecule has 2 aromatic carbocycles. The zero-order valence-electron chi connectivity index (χ0n) is 18.6. The van der Waals surface area contributed by atoms with Crippen LogP contribution in [0.4, 0.5) is 0 Å². The number of carbonyl (C=O) groups is 2. The third-order valence-corrected chi connectivity index (χ3v) is 7.29. The lowest BCUT2D eigenvalue weighted by Gasteiger charge is -2.24. The van der Waals surface area contributed by atoms with E-state index in [1.54, 1.807) is 0 Å². The van der Waals surface area contributed by atoms with E-state index < -0.39 is 11.3 Å². The highest BCUT2D eigenvalue weighted by atomic mass is 32.2. The van der Waals surface area contributed by atoms with Crippen LogP contribution in [0.1, 0.15) is 25.0 Å². The molecule has 0 aliphatic heterocycles. The minimum absolute atomic E-state index is 0.000951. The Bertz CT molecular complexity index is 1350. The maximum Gasteiger partial charge on any atom is 0.190 e. The average Bonchev–Trinajstić information content (AvgIpc) is 2.96. The summed E-state index contributed by atoms with van der Waals surface area (Å²) in [5.41, 5.74) is 2.83. The molecule has 2 aliphatic rings. The molecule has 1 atom stereocenters. The maximum atomic E-state index is 11.4. The minimum Gasteiger partial charge on any atom is -0.287 e. The van der Waals surface area contributed by atoms with Gasteiger partial charge in [-0.1, -0.05) is 78.2 Å². The fourth-order valence-electron chi connectivity index (χ4n) is 4.20. The van der Waals surface area contributed by atoms with Crippen molar-refractivity contribution < 1.29 is 9.59 Å². The SMILES string of the molecule is CC(=O)Sc1ccc(C2=CC3C(=CC=C2)C=C(c2ccc(SC(C)=O)cc2)C3(C#N)C#N)cc1. The molecule has 2 aromatic rings. The summed E-state index contributed by atoms with van der Waals surface area (Å²) in [6, 6.07) is 19.7. The molecule has 4 nitrogen and oxygen atoms in total. The Morgan fingerprint density at radius 3 is 1.88 bits per heavy atom. The number of hydrogen-bond acceptors (Lipinski definition) is 6. The lowest BCUT2D eigenvalue weighted by atomic mass is 9.72. The zero-order chi connectivity index (χ0) is 24.3. The van der Waals surface area contributed by atoms with Crippen LogP contribution in [0.25, 0.3) is 11.1 Å². The van der Waals surface area contributed by atoms with Crippen molar-refractivity contribution in [1.29, 1.82) is 10.5 Å². The highest BCUT2D eigenvalue weighted by molar-refractivity contribution is 8.13. The second kappa shape index (κ2) is 9.73. The third kappa shape index (κ3) is 4.56. The second-order valence-electron chi connectivity index (χ2n) is 7.95. The molecule has 0 N–H and O–H groups in total. The van der Waals surface area contributed by atoms with Gasteiger partial charge in [0.05, 0.1) is 12.1 Å². The van der Waals surface area contributed by atoms with Crippen LogP contribution in [0, 0.1) is 34.0 Å². The number of nitrogens with zero attached hydrogens (tertiary/aromatic N) is 2. The average molecular weight is 481 g/mol. The normalized spacial score (nSPS) is 17.9. The standard InChI is InChI=1S/C28H20N2O2S2/c1-18(31)33-24-10-6-20(7-11-24)22-4-3-5-23-15-26(28(16-29,17-30)27(23)14-22)21-8-12-25(13-9-21)34-19(2)32/h3-15,27H,1-2H3. The van der Waals surface area contributed by atoms with Gasteiger partial charge in [-0.05, 0) is 52.1 Å². The summed E-state index contributed by atoms with van der Waals surface area (Å²) in [6.07, 6.45) is 9.77. The van der Waals surface area contributed by atoms with Crippen LogP contribution in [0.15, 0.2) is 94.3 Å². The van der Waals surface area contributed by atoms with Gasteiger partial charge in [-0.3, -0.25) is 9.59 Å². The Morgan fingerprint density at radius 1 is 0.853 bits per heavy atom. The summed E-state index contributed by atoms with van der Waals surface area (Å²) >= 11 is 2.33. The van der Waals surface area contributed by atoms with Gasteiger partial charge < -0.3 is 0 Å². The number of rotatable bonds is 4. The molecule has 6 heteroatoms. The van der Waals surface area contributed by atoms with Gasteiger partial charge in [-0.2, -0.15) is 10.5 Å². The molecular formula is C28H20N2O2S2. The van der Waals surface area contributed by atoms with Crippen LogP contribution < -0.4 is 0 Å². The van der Waals surface area contributed by atoms with E-state index in [1.807, 2.05) is 78.9 Å². The number of allylic oxidation sites excluding steroid dienone is 8. The molecule has 4 rings (SSSR count). The Kier molecular flexibility index (Phi) is 6.75. The van der Waals surface area contributed by atoms with Crippen molar-refractivity contribution >= 4 is 44.9 Å². The predicted molar refractivity (Wildman–Crippen MR) is 136 cm³/mol. The molecule has 1 unspecified atom stereocenters. The van der Waals surface area contributed by atoms with Gasteiger partial charge in [0.25, 0.3) is 0 Å². The first-order valence-electron chi connectivity index (χ1n) is 10.6. The van der Waals surface area contributed by atoms with Crippen molar-refractivity contribution in [2.75, 3.05) is 0 Å². The number of fused-ring (bicyclic) bond motifs is 1. The van der Waals surface area contributed by atoms with Crippen molar-refractivity contribution in [2.45, 2.75) is 23.6 Å². The Hall–Kier alpha value is -3.58. The van der Waals surface area contributed by atoms with Crippen LogP contribution in [0.5, 0.6) is 0 Å². The van der Waals surface area contributed by atoms with E-state index in [4.69, 9.17) is 0 Å². The molecule has 0 heterocycles. The highest BCUT2D eigenvalue weighted by Crippen LogP contribution is 2.52. The lowest BCUT2D eigenvalue weighted by Crippen LogP contribution is -2.24. The Balaban J connectivity index is 1.72. The molecule has 0 aromatic heterocycles. The third-order valence-electron chi connectivity index (χ3n) is 5.70. The van der Waals surface area contributed by atoms with Crippen LogP contribution in [-0.2, 0) is 9.59 Å². The first-order valence-corrected chi connectivity index (χ1v) is 12.2. The molecule has 34 heavy (non-hydrogen) atoms. The Labute approximate surface area is 207 Å². The van der Waals surface area contributed by atoms with Crippen molar-refractivity contribution in [3.63, 3.8) is 0 Å². The summed E-state index contributed by atoms with van der Waals surface area (Å²) in [4.78, 5) is 24.5. The van der Waals surface area contributed by atoms with Crippen molar-refractivity contribution in [1.82, 2.24) is 0 Å². The molecule has 2 aliphatic carbocycles. The van der Waals surface area contributed by atoms with Crippen LogP contribution in [0.2, 0.25) is 0 Å². The van der Waals surface area contributed by atoms with Gasteiger partial charge in [0.15, 0.2) is 15.6 Å². The quantitative estimate of drug-likeness (QED) is 0.459. The monoisotopic (exact) mass is 480 g/mol. The number of hydrogen-bond donors (Lipinski definition) is 0. The summed E-state index contributed by atoms with van der Waals surface area (Å²) in [5.74, 6) is -0.431. The van der Waals surface area contributed by atoms with Gasteiger partial charge in [0.1, 0.15) is 0 Å². The van der Waals surface area contributed by atoms with Crippen molar-refractivity contribution in [3.05, 3.63) is 95.6 Å². The first-order chi connectivity index (χ1) is 16.4. The molecular weight excluding hydrogens is 460 g/mol. The zero-order valence-corrected chi connectivity index (χ0v) is 20.2. The molecule has 0 spiro atoms. The summed E-state index contributed by atoms with van der Waals surface area (Å²) in [7, 11) is 0. The largest absolute Gasteiger partial charge is 0.287 e. The molecule has 166 valence electrons. The van der Waals surface area contributed by atoms with Gasteiger partial charge in [-0.15, -0.1) is 0 Å². The molecule has 0 fully saturated rings. The first kappa shape index (κ1) is 23.6. The van der Waals surface area contributed by atoms with E-state index in [-0.39, 0.29) is 10.2 Å². The van der Waals surface area contributed by atoms with E-state index in [0.717, 1.165) is 43.8 Å². The van der Waals surface area contributed by atoms with Gasteiger partial charge in [-0.25, -0.2) is 0 Å². The smallest absolute Gasteiger partial charge is 0.190 e. The summed E-state index contributed by atoms with van der Waals surface area (Å²) in [6.45, 7) is 3.05. The second-order valence-corrected chi connectivity index (χ2v) is 10.5. The molecule has 0 saturated heterocycles.